The van der Waals surface area contributed by atoms with Crippen molar-refractivity contribution in [2.75, 3.05) is 33.8 Å². The fourth-order valence-electron chi connectivity index (χ4n) is 3.58. The zero-order valence-corrected chi connectivity index (χ0v) is 15.4. The number of hydrogen-bond donors (Lipinski definition) is 1. The van der Waals surface area contributed by atoms with Gasteiger partial charge in [-0.2, -0.15) is 0 Å². The maximum Gasteiger partial charge on any atom is 0.251 e. The van der Waals surface area contributed by atoms with Gasteiger partial charge in [-0.15, -0.1) is 0 Å². The van der Waals surface area contributed by atoms with Crippen LogP contribution < -0.4 is 10.1 Å². The van der Waals surface area contributed by atoms with Gasteiger partial charge in [0.1, 0.15) is 5.75 Å². The molecule has 0 radical (unpaired) electrons. The largest absolute Gasteiger partial charge is 0.497 e. The molecular weight excluding hydrogens is 342 g/mol. The minimum atomic E-state index is -0.143. The van der Waals surface area contributed by atoms with Crippen molar-refractivity contribution in [2.24, 2.45) is 0 Å². The standard InChI is InChI=1S/C18H24ClN3O3/c1-21-6-5-16(18(21)24)22-7-3-14(4-8-22)20-17(23)12-9-13(19)11-15(10-12)25-2/h9-11,14,16H,3-8H2,1-2H3,(H,20,23)/t16-/m0/s1. The number of carbonyl (C=O) groups is 2. The van der Waals surface area contributed by atoms with Gasteiger partial charge in [0.2, 0.25) is 5.91 Å². The highest BCUT2D eigenvalue weighted by Crippen LogP contribution is 2.23. The SMILES string of the molecule is COc1cc(Cl)cc(C(=O)NC2CCN([C@H]3CCN(C)C3=O)CC2)c1. The lowest BCUT2D eigenvalue weighted by Gasteiger charge is -2.35. The van der Waals surface area contributed by atoms with Crippen LogP contribution in [0, 0.1) is 0 Å². The molecule has 6 nitrogen and oxygen atoms in total. The van der Waals surface area contributed by atoms with Crippen LogP contribution in [0.15, 0.2) is 18.2 Å². The molecule has 1 aromatic rings. The fourth-order valence-corrected chi connectivity index (χ4v) is 3.80. The Morgan fingerprint density at radius 1 is 1.20 bits per heavy atom. The molecule has 1 atom stereocenters. The summed E-state index contributed by atoms with van der Waals surface area (Å²) >= 11 is 6.03. The number of nitrogens with one attached hydrogen (secondary N) is 1. The van der Waals surface area contributed by atoms with Crippen molar-refractivity contribution in [3.05, 3.63) is 28.8 Å². The average Bonchev–Trinajstić information content (AvgIpc) is 2.94. The first kappa shape index (κ1) is 18.0. The normalized spacial score (nSPS) is 22.3. The van der Waals surface area contributed by atoms with Crippen molar-refractivity contribution >= 4 is 23.4 Å². The van der Waals surface area contributed by atoms with Crippen LogP contribution in [0.25, 0.3) is 0 Å². The van der Waals surface area contributed by atoms with Gasteiger partial charge in [0.05, 0.1) is 13.2 Å². The smallest absolute Gasteiger partial charge is 0.251 e. The Balaban J connectivity index is 1.54. The summed E-state index contributed by atoms with van der Waals surface area (Å²) in [6.45, 7) is 2.49. The van der Waals surface area contributed by atoms with E-state index in [1.165, 1.54) is 0 Å². The first-order valence-corrected chi connectivity index (χ1v) is 9.00. The molecule has 2 heterocycles. The van der Waals surface area contributed by atoms with Gasteiger partial charge in [-0.1, -0.05) is 11.6 Å². The van der Waals surface area contributed by atoms with Crippen molar-refractivity contribution in [2.45, 2.75) is 31.3 Å². The number of hydrogen-bond acceptors (Lipinski definition) is 4. The van der Waals surface area contributed by atoms with E-state index >= 15 is 0 Å². The molecule has 25 heavy (non-hydrogen) atoms. The molecule has 2 aliphatic rings. The summed E-state index contributed by atoms with van der Waals surface area (Å²) in [5.41, 5.74) is 0.499. The zero-order chi connectivity index (χ0) is 18.0. The molecular formula is C18H24ClN3O3. The quantitative estimate of drug-likeness (QED) is 0.883. The topological polar surface area (TPSA) is 61.9 Å². The van der Waals surface area contributed by atoms with E-state index < -0.39 is 0 Å². The summed E-state index contributed by atoms with van der Waals surface area (Å²) in [5.74, 6) is 0.640. The van der Waals surface area contributed by atoms with Gasteiger partial charge in [0, 0.05) is 43.3 Å². The lowest BCUT2D eigenvalue weighted by molar-refractivity contribution is -0.131. The third-order valence-electron chi connectivity index (χ3n) is 5.07. The monoisotopic (exact) mass is 365 g/mol. The lowest BCUT2D eigenvalue weighted by Crippen LogP contribution is -2.50. The number of piperidine rings is 1. The average molecular weight is 366 g/mol. The predicted octanol–water partition coefficient (Wildman–Crippen LogP) is 1.77. The number of nitrogens with zero attached hydrogens (tertiary/aromatic N) is 2. The Morgan fingerprint density at radius 3 is 2.52 bits per heavy atom. The summed E-state index contributed by atoms with van der Waals surface area (Å²) in [6.07, 6.45) is 2.59. The van der Waals surface area contributed by atoms with E-state index in [1.54, 1.807) is 30.2 Å². The van der Waals surface area contributed by atoms with Crippen molar-refractivity contribution in [1.82, 2.24) is 15.1 Å². The van der Waals surface area contributed by atoms with Crippen LogP contribution in [0.5, 0.6) is 5.75 Å². The molecule has 0 bridgehead atoms. The molecule has 2 saturated heterocycles. The van der Waals surface area contributed by atoms with Crippen LogP contribution in [-0.2, 0) is 4.79 Å². The van der Waals surface area contributed by atoms with Gasteiger partial charge in [-0.25, -0.2) is 0 Å². The van der Waals surface area contributed by atoms with E-state index in [9.17, 15) is 9.59 Å². The minimum Gasteiger partial charge on any atom is -0.497 e. The van der Waals surface area contributed by atoms with Crippen LogP contribution >= 0.6 is 11.6 Å². The number of likely N-dealkylation sites (N-methyl/N-ethyl adjacent to an activating group) is 1. The van der Waals surface area contributed by atoms with E-state index in [0.717, 1.165) is 38.9 Å². The van der Waals surface area contributed by atoms with Crippen LogP contribution in [0.1, 0.15) is 29.6 Å². The van der Waals surface area contributed by atoms with Crippen LogP contribution in [-0.4, -0.2) is 67.5 Å². The second-order valence-electron chi connectivity index (χ2n) is 6.73. The molecule has 0 saturated carbocycles. The van der Waals surface area contributed by atoms with Crippen LogP contribution in [0.2, 0.25) is 5.02 Å². The predicted molar refractivity (Wildman–Crippen MR) is 96.1 cm³/mol. The fraction of sp³-hybridized carbons (Fsp3) is 0.556. The Labute approximate surface area is 153 Å². The third kappa shape index (κ3) is 4.07. The number of likely N-dealkylation sites (tertiary alicyclic amines) is 2. The van der Waals surface area contributed by atoms with Gasteiger partial charge in [0.15, 0.2) is 0 Å². The summed E-state index contributed by atoms with van der Waals surface area (Å²) < 4.78 is 5.16. The Hall–Kier alpha value is -1.79. The molecule has 136 valence electrons. The lowest BCUT2D eigenvalue weighted by atomic mass is 10.0. The second-order valence-corrected chi connectivity index (χ2v) is 7.16. The zero-order valence-electron chi connectivity index (χ0n) is 14.6. The molecule has 2 fully saturated rings. The van der Waals surface area contributed by atoms with Crippen LogP contribution in [0.3, 0.4) is 0 Å². The maximum absolute atomic E-state index is 12.5. The molecule has 0 spiro atoms. The Morgan fingerprint density at radius 2 is 1.92 bits per heavy atom. The van der Waals surface area contributed by atoms with Crippen molar-refractivity contribution in [1.29, 1.82) is 0 Å². The first-order valence-electron chi connectivity index (χ1n) is 8.62. The van der Waals surface area contributed by atoms with Crippen LogP contribution in [0.4, 0.5) is 0 Å². The van der Waals surface area contributed by atoms with Crippen molar-refractivity contribution in [3.8, 4) is 5.75 Å². The first-order chi connectivity index (χ1) is 12.0. The van der Waals surface area contributed by atoms with E-state index in [0.29, 0.717) is 16.3 Å². The molecule has 2 amide bonds. The Kier molecular flexibility index (Phi) is 5.49. The molecule has 3 rings (SSSR count). The van der Waals surface area contributed by atoms with E-state index in [2.05, 4.69) is 10.2 Å². The number of rotatable bonds is 4. The van der Waals surface area contributed by atoms with Crippen molar-refractivity contribution < 1.29 is 14.3 Å². The number of benzene rings is 1. The highest BCUT2D eigenvalue weighted by molar-refractivity contribution is 6.31. The summed E-state index contributed by atoms with van der Waals surface area (Å²) in [5, 5.41) is 3.54. The highest BCUT2D eigenvalue weighted by atomic mass is 35.5. The summed E-state index contributed by atoms with van der Waals surface area (Å²) in [4.78, 5) is 28.6. The number of amides is 2. The Bertz CT molecular complexity index is 659. The number of methoxy groups -OCH3 is 1. The van der Waals surface area contributed by atoms with Gasteiger partial charge in [-0.05, 0) is 37.5 Å². The number of carbonyl (C=O) groups excluding carboxylic acids is 2. The molecule has 2 aliphatic heterocycles. The molecule has 0 unspecified atom stereocenters. The molecule has 1 aromatic carbocycles. The number of halogens is 1. The third-order valence-corrected chi connectivity index (χ3v) is 5.29. The molecule has 1 N–H and O–H groups in total. The second kappa shape index (κ2) is 7.62. The van der Waals surface area contributed by atoms with Gasteiger partial charge in [-0.3, -0.25) is 14.5 Å². The van der Waals surface area contributed by atoms with E-state index in [1.807, 2.05) is 7.05 Å². The number of ether oxygens (including phenoxy) is 1. The van der Waals surface area contributed by atoms with Gasteiger partial charge < -0.3 is 15.0 Å². The van der Waals surface area contributed by atoms with Crippen molar-refractivity contribution in [3.63, 3.8) is 0 Å². The van der Waals surface area contributed by atoms with E-state index in [4.69, 9.17) is 16.3 Å². The molecule has 0 aliphatic carbocycles. The molecule has 7 heteroatoms. The van der Waals surface area contributed by atoms with E-state index in [-0.39, 0.29) is 23.9 Å². The maximum atomic E-state index is 12.5. The van der Waals surface area contributed by atoms with Gasteiger partial charge in [0.25, 0.3) is 5.91 Å². The minimum absolute atomic E-state index is 0.0128. The van der Waals surface area contributed by atoms with Gasteiger partial charge >= 0.3 is 0 Å². The highest BCUT2D eigenvalue weighted by Gasteiger charge is 2.35. The summed E-state index contributed by atoms with van der Waals surface area (Å²) in [7, 11) is 3.40. The summed E-state index contributed by atoms with van der Waals surface area (Å²) in [6, 6.07) is 5.12. The molecule has 0 aromatic heterocycles.